The van der Waals surface area contributed by atoms with E-state index in [9.17, 15) is 4.79 Å². The largest absolute Gasteiger partial charge is 0.336 e. The summed E-state index contributed by atoms with van der Waals surface area (Å²) in [7, 11) is 0. The molecule has 1 aliphatic rings. The average molecular weight is 361 g/mol. The fraction of sp³-hybridized carbons (Fsp3) is 0.579. The van der Waals surface area contributed by atoms with Crippen molar-refractivity contribution in [1.82, 2.24) is 19.6 Å². The summed E-state index contributed by atoms with van der Waals surface area (Å²) in [5.74, 6) is 0.680. The van der Waals surface area contributed by atoms with Gasteiger partial charge in [-0.3, -0.25) is 9.48 Å². The summed E-state index contributed by atoms with van der Waals surface area (Å²) >= 11 is 1.66. The lowest BCUT2D eigenvalue weighted by molar-refractivity contribution is -0.131. The zero-order chi connectivity index (χ0) is 17.6. The summed E-state index contributed by atoms with van der Waals surface area (Å²) in [6.07, 6.45) is 3.46. The number of hydrogen-bond acceptors (Lipinski definition) is 4. The third kappa shape index (κ3) is 4.70. The minimum atomic E-state index is 0.227. The molecule has 0 fully saturated rings. The minimum absolute atomic E-state index is 0.227. The summed E-state index contributed by atoms with van der Waals surface area (Å²) in [6, 6.07) is 6.10. The van der Waals surface area contributed by atoms with Crippen molar-refractivity contribution in [2.75, 3.05) is 26.2 Å². The predicted molar refractivity (Wildman–Crippen MR) is 102 cm³/mol. The molecular weight excluding hydrogens is 332 g/mol. The Bertz CT molecular complexity index is 663. The van der Waals surface area contributed by atoms with E-state index in [1.807, 2.05) is 34.7 Å². The third-order valence-corrected chi connectivity index (χ3v) is 5.95. The molecule has 0 saturated carbocycles. The van der Waals surface area contributed by atoms with Crippen LogP contribution in [0.15, 0.2) is 29.8 Å². The Hall–Kier alpha value is -1.66. The first-order chi connectivity index (χ1) is 12.2. The topological polar surface area (TPSA) is 41.4 Å². The summed E-state index contributed by atoms with van der Waals surface area (Å²) in [4.78, 5) is 18.5. The Morgan fingerprint density at radius 1 is 1.32 bits per heavy atom. The highest BCUT2D eigenvalue weighted by Crippen LogP contribution is 2.20. The Kier molecular flexibility index (Phi) is 6.26. The van der Waals surface area contributed by atoms with Crippen LogP contribution in [0.5, 0.6) is 0 Å². The number of carbonyl (C=O) groups is 1. The molecule has 0 saturated heterocycles. The van der Waals surface area contributed by atoms with Gasteiger partial charge in [-0.25, -0.2) is 0 Å². The highest BCUT2D eigenvalue weighted by Gasteiger charge is 2.25. The molecule has 3 rings (SSSR count). The van der Waals surface area contributed by atoms with Crippen molar-refractivity contribution in [3.8, 4) is 0 Å². The zero-order valence-electron chi connectivity index (χ0n) is 15.2. The predicted octanol–water partition coefficient (Wildman–Crippen LogP) is 2.88. The first-order valence-electron chi connectivity index (χ1n) is 9.22. The van der Waals surface area contributed by atoms with Gasteiger partial charge in [-0.15, -0.1) is 11.3 Å². The molecule has 2 aromatic rings. The highest BCUT2D eigenvalue weighted by molar-refractivity contribution is 7.10. The summed E-state index contributed by atoms with van der Waals surface area (Å²) < 4.78 is 2.09. The number of amides is 1. The molecule has 5 nitrogen and oxygen atoms in total. The monoisotopic (exact) mass is 360 g/mol. The highest BCUT2D eigenvalue weighted by atomic mass is 32.1. The van der Waals surface area contributed by atoms with Gasteiger partial charge in [-0.05, 0) is 49.5 Å². The second-order valence-electron chi connectivity index (χ2n) is 6.72. The minimum Gasteiger partial charge on any atom is -0.336 e. The van der Waals surface area contributed by atoms with E-state index in [0.29, 0.717) is 18.9 Å². The van der Waals surface area contributed by atoms with E-state index < -0.39 is 0 Å². The van der Waals surface area contributed by atoms with Crippen LogP contribution < -0.4 is 0 Å². The SMILES string of the molecule is CCN(CC)CC[C@@H]1CN(C(=O)Cc2cccs2)Cc2ccnn2C1. The van der Waals surface area contributed by atoms with E-state index in [1.165, 1.54) is 0 Å². The normalized spacial score (nSPS) is 17.6. The lowest BCUT2D eigenvalue weighted by atomic mass is 10.0. The number of aromatic nitrogens is 2. The van der Waals surface area contributed by atoms with Gasteiger partial charge >= 0.3 is 0 Å². The van der Waals surface area contributed by atoms with Gasteiger partial charge in [0.05, 0.1) is 18.7 Å². The number of carbonyl (C=O) groups excluding carboxylic acids is 1. The van der Waals surface area contributed by atoms with Crippen LogP contribution in [0.25, 0.3) is 0 Å². The van der Waals surface area contributed by atoms with E-state index in [1.54, 1.807) is 11.3 Å². The lowest BCUT2D eigenvalue weighted by Gasteiger charge is -2.26. The van der Waals surface area contributed by atoms with Crippen molar-refractivity contribution in [2.24, 2.45) is 5.92 Å². The van der Waals surface area contributed by atoms with Crippen LogP contribution in [-0.2, 0) is 24.3 Å². The van der Waals surface area contributed by atoms with Gasteiger partial charge < -0.3 is 9.80 Å². The van der Waals surface area contributed by atoms with Crippen LogP contribution in [0.1, 0.15) is 30.8 Å². The molecule has 0 unspecified atom stereocenters. The van der Waals surface area contributed by atoms with Crippen LogP contribution in [0, 0.1) is 5.92 Å². The molecule has 1 aliphatic heterocycles. The number of nitrogens with zero attached hydrogens (tertiary/aromatic N) is 4. The summed E-state index contributed by atoms with van der Waals surface area (Å²) in [6.45, 7) is 10.1. The molecule has 136 valence electrons. The molecule has 0 aliphatic carbocycles. The maximum Gasteiger partial charge on any atom is 0.228 e. The number of thiophene rings is 1. The molecule has 0 radical (unpaired) electrons. The molecule has 2 aromatic heterocycles. The molecule has 6 heteroatoms. The molecule has 1 amide bonds. The van der Waals surface area contributed by atoms with Crippen molar-refractivity contribution >= 4 is 17.2 Å². The Morgan fingerprint density at radius 2 is 2.16 bits per heavy atom. The van der Waals surface area contributed by atoms with Gasteiger partial charge in [0.1, 0.15) is 0 Å². The van der Waals surface area contributed by atoms with E-state index in [-0.39, 0.29) is 5.91 Å². The Balaban J connectivity index is 1.68. The first kappa shape index (κ1) is 18.1. The maximum absolute atomic E-state index is 12.8. The Labute approximate surface area is 154 Å². The van der Waals surface area contributed by atoms with E-state index in [4.69, 9.17) is 0 Å². The van der Waals surface area contributed by atoms with E-state index in [2.05, 4.69) is 28.5 Å². The number of fused-ring (bicyclic) bond motifs is 1. The van der Waals surface area contributed by atoms with Gasteiger partial charge in [0, 0.05) is 24.2 Å². The molecule has 0 aromatic carbocycles. The van der Waals surface area contributed by atoms with Crippen LogP contribution in [0.4, 0.5) is 0 Å². The number of hydrogen-bond donors (Lipinski definition) is 0. The van der Waals surface area contributed by atoms with Gasteiger partial charge in [0.25, 0.3) is 0 Å². The summed E-state index contributed by atoms with van der Waals surface area (Å²) in [5, 5.41) is 6.51. The van der Waals surface area contributed by atoms with Gasteiger partial charge in [0.15, 0.2) is 0 Å². The first-order valence-corrected chi connectivity index (χ1v) is 10.1. The zero-order valence-corrected chi connectivity index (χ0v) is 16.0. The number of rotatable bonds is 7. The fourth-order valence-electron chi connectivity index (χ4n) is 3.48. The average Bonchev–Trinajstić information content (AvgIpc) is 3.24. The molecule has 25 heavy (non-hydrogen) atoms. The van der Waals surface area contributed by atoms with Gasteiger partial charge in [-0.1, -0.05) is 19.9 Å². The van der Waals surface area contributed by atoms with Gasteiger partial charge in [-0.2, -0.15) is 5.10 Å². The molecule has 0 N–H and O–H groups in total. The van der Waals surface area contributed by atoms with Crippen molar-refractivity contribution in [2.45, 2.75) is 39.8 Å². The standard InChI is InChI=1S/C19H28N4OS/c1-3-21(4-2)10-8-16-13-22(15-17-7-9-20-23(17)14-16)19(24)12-18-6-5-11-25-18/h5-7,9,11,16H,3-4,8,10,12-15H2,1-2H3/t16-/m1/s1. The smallest absolute Gasteiger partial charge is 0.228 e. The second-order valence-corrected chi connectivity index (χ2v) is 7.75. The molecule has 3 heterocycles. The lowest BCUT2D eigenvalue weighted by Crippen LogP contribution is -2.36. The molecule has 0 spiro atoms. The van der Waals surface area contributed by atoms with Crippen LogP contribution in [0.2, 0.25) is 0 Å². The van der Waals surface area contributed by atoms with E-state index in [0.717, 1.165) is 49.7 Å². The third-order valence-electron chi connectivity index (χ3n) is 5.07. The summed E-state index contributed by atoms with van der Waals surface area (Å²) in [5.41, 5.74) is 1.14. The molecule has 0 bridgehead atoms. The second kappa shape index (κ2) is 8.63. The van der Waals surface area contributed by atoms with Crippen LogP contribution in [-0.4, -0.2) is 51.7 Å². The van der Waals surface area contributed by atoms with Crippen LogP contribution in [0.3, 0.4) is 0 Å². The fourth-order valence-corrected chi connectivity index (χ4v) is 4.18. The quantitative estimate of drug-likeness (QED) is 0.762. The molecular formula is C19H28N4OS. The Morgan fingerprint density at radius 3 is 2.88 bits per heavy atom. The van der Waals surface area contributed by atoms with Crippen molar-refractivity contribution < 1.29 is 4.79 Å². The maximum atomic E-state index is 12.8. The molecule has 1 atom stereocenters. The van der Waals surface area contributed by atoms with Crippen molar-refractivity contribution in [1.29, 1.82) is 0 Å². The van der Waals surface area contributed by atoms with Crippen molar-refractivity contribution in [3.63, 3.8) is 0 Å². The van der Waals surface area contributed by atoms with E-state index >= 15 is 0 Å². The van der Waals surface area contributed by atoms with Crippen molar-refractivity contribution in [3.05, 3.63) is 40.3 Å². The van der Waals surface area contributed by atoms with Gasteiger partial charge in [0.2, 0.25) is 5.91 Å². The van der Waals surface area contributed by atoms with Crippen LogP contribution >= 0.6 is 11.3 Å².